The van der Waals surface area contributed by atoms with Crippen LogP contribution in [0.5, 0.6) is 0 Å². The number of aliphatic hydroxyl groups is 1. The number of anilines is 1. The predicted molar refractivity (Wildman–Crippen MR) is 84.1 cm³/mol. The highest BCUT2D eigenvalue weighted by Crippen LogP contribution is 2.24. The van der Waals surface area contributed by atoms with Crippen LogP contribution in [0.15, 0.2) is 18.2 Å². The minimum absolute atomic E-state index is 0.152. The van der Waals surface area contributed by atoms with Gasteiger partial charge in [0.05, 0.1) is 5.60 Å². The van der Waals surface area contributed by atoms with E-state index in [1.54, 1.807) is 6.07 Å². The topological polar surface area (TPSA) is 38.7 Å². The minimum Gasteiger partial charge on any atom is -0.389 e. The van der Waals surface area contributed by atoms with E-state index < -0.39 is 5.60 Å². The lowest BCUT2D eigenvalue weighted by molar-refractivity contribution is 0.0345. The molecular weight excluding hydrogens is 269 g/mol. The van der Waals surface area contributed by atoms with Gasteiger partial charge >= 0.3 is 0 Å². The van der Waals surface area contributed by atoms with Crippen LogP contribution in [0.25, 0.3) is 0 Å². The summed E-state index contributed by atoms with van der Waals surface area (Å²) < 4.78 is 14.0. The van der Waals surface area contributed by atoms with Crippen molar-refractivity contribution in [3.63, 3.8) is 0 Å². The molecule has 118 valence electrons. The Morgan fingerprint density at radius 3 is 2.48 bits per heavy atom. The van der Waals surface area contributed by atoms with Gasteiger partial charge in [-0.2, -0.15) is 0 Å². The summed E-state index contributed by atoms with van der Waals surface area (Å²) in [7, 11) is 1.83. The third-order valence-corrected chi connectivity index (χ3v) is 3.77. The lowest BCUT2D eigenvalue weighted by atomic mass is 10.1. The minimum atomic E-state index is -0.668. The summed E-state index contributed by atoms with van der Waals surface area (Å²) in [6, 6.07) is 5.27. The molecule has 5 heteroatoms. The lowest BCUT2D eigenvalue weighted by Crippen LogP contribution is -2.50. The lowest BCUT2D eigenvalue weighted by Gasteiger charge is -2.39. The molecule has 1 heterocycles. The van der Waals surface area contributed by atoms with Crippen molar-refractivity contribution in [3.8, 4) is 0 Å². The van der Waals surface area contributed by atoms with Crippen molar-refractivity contribution in [1.29, 1.82) is 0 Å². The number of hydrogen-bond donors (Lipinski definition) is 2. The Morgan fingerprint density at radius 1 is 1.24 bits per heavy atom. The van der Waals surface area contributed by atoms with Crippen LogP contribution >= 0.6 is 0 Å². The van der Waals surface area contributed by atoms with E-state index in [-0.39, 0.29) is 5.82 Å². The van der Waals surface area contributed by atoms with Crippen LogP contribution in [0.2, 0.25) is 0 Å². The maximum absolute atomic E-state index is 14.0. The third kappa shape index (κ3) is 4.40. The number of hydrogen-bond acceptors (Lipinski definition) is 4. The van der Waals surface area contributed by atoms with Crippen LogP contribution < -0.4 is 10.2 Å². The van der Waals surface area contributed by atoms with Gasteiger partial charge in [-0.05, 0) is 33.0 Å². The number of rotatable bonds is 5. The molecule has 4 nitrogen and oxygen atoms in total. The molecule has 1 aromatic rings. The highest BCUT2D eigenvalue weighted by atomic mass is 19.1. The molecule has 0 spiro atoms. The van der Waals surface area contributed by atoms with E-state index in [2.05, 4.69) is 15.1 Å². The van der Waals surface area contributed by atoms with Gasteiger partial charge in [-0.1, -0.05) is 6.07 Å². The zero-order valence-corrected chi connectivity index (χ0v) is 13.2. The second-order valence-electron chi connectivity index (χ2n) is 6.34. The van der Waals surface area contributed by atoms with Crippen molar-refractivity contribution in [3.05, 3.63) is 29.6 Å². The first-order chi connectivity index (χ1) is 9.90. The Labute approximate surface area is 126 Å². The standard InChI is InChI=1S/C16H26FN3O/c1-16(2,21)12-19-7-9-20(10-8-19)15-6-4-5-14(17)13(15)11-18-3/h4-6,18,21H,7-12H2,1-3H3. The van der Waals surface area contributed by atoms with E-state index in [1.807, 2.05) is 27.0 Å². The normalized spacial score (nSPS) is 17.3. The van der Waals surface area contributed by atoms with E-state index in [4.69, 9.17) is 0 Å². The maximum Gasteiger partial charge on any atom is 0.129 e. The molecule has 1 saturated heterocycles. The van der Waals surface area contributed by atoms with Crippen LogP contribution in [0.1, 0.15) is 19.4 Å². The number of benzene rings is 1. The summed E-state index contributed by atoms with van der Waals surface area (Å²) in [6.45, 7) is 8.36. The molecule has 0 bridgehead atoms. The SMILES string of the molecule is CNCc1c(F)cccc1N1CCN(CC(C)(C)O)CC1. The summed E-state index contributed by atoms with van der Waals surface area (Å²) >= 11 is 0. The summed E-state index contributed by atoms with van der Waals surface area (Å²) in [5.41, 5.74) is 1.04. The molecule has 0 unspecified atom stereocenters. The van der Waals surface area contributed by atoms with Crippen molar-refractivity contribution >= 4 is 5.69 Å². The average molecular weight is 295 g/mol. The molecule has 0 aromatic heterocycles. The average Bonchev–Trinajstić information content (AvgIpc) is 2.40. The van der Waals surface area contributed by atoms with Gasteiger partial charge in [0.25, 0.3) is 0 Å². The number of nitrogens with zero attached hydrogens (tertiary/aromatic N) is 2. The molecule has 2 N–H and O–H groups in total. The smallest absolute Gasteiger partial charge is 0.129 e. The molecular formula is C16H26FN3O. The molecule has 0 aliphatic carbocycles. The number of piperazine rings is 1. The van der Waals surface area contributed by atoms with Gasteiger partial charge in [0.2, 0.25) is 0 Å². The molecule has 2 rings (SSSR count). The van der Waals surface area contributed by atoms with Gasteiger partial charge in [-0.25, -0.2) is 4.39 Å². The van der Waals surface area contributed by atoms with Crippen molar-refractivity contribution < 1.29 is 9.50 Å². The van der Waals surface area contributed by atoms with E-state index in [1.165, 1.54) is 6.07 Å². The van der Waals surface area contributed by atoms with Crippen LogP contribution in [0, 0.1) is 5.82 Å². The fourth-order valence-corrected chi connectivity index (χ4v) is 2.89. The quantitative estimate of drug-likeness (QED) is 0.862. The van der Waals surface area contributed by atoms with Gasteiger partial charge in [0.15, 0.2) is 0 Å². The van der Waals surface area contributed by atoms with Crippen LogP contribution in [-0.4, -0.2) is 55.4 Å². The molecule has 0 radical (unpaired) electrons. The Hall–Kier alpha value is -1.17. The van der Waals surface area contributed by atoms with Gasteiger partial charge in [0, 0.05) is 50.5 Å². The molecule has 1 aliphatic rings. The molecule has 0 saturated carbocycles. The monoisotopic (exact) mass is 295 g/mol. The maximum atomic E-state index is 14.0. The first-order valence-corrected chi connectivity index (χ1v) is 7.52. The van der Waals surface area contributed by atoms with Gasteiger partial charge in [0.1, 0.15) is 5.82 Å². The Balaban J connectivity index is 2.04. The number of β-amino-alcohol motifs (C(OH)–C–C–N with tert-alkyl or cyclic N) is 1. The Morgan fingerprint density at radius 2 is 1.90 bits per heavy atom. The van der Waals surface area contributed by atoms with Gasteiger partial charge in [-0.3, -0.25) is 4.90 Å². The molecule has 1 fully saturated rings. The number of nitrogens with one attached hydrogen (secondary N) is 1. The fourth-order valence-electron chi connectivity index (χ4n) is 2.89. The predicted octanol–water partition coefficient (Wildman–Crippen LogP) is 1.44. The Kier molecular flexibility index (Phi) is 5.19. The van der Waals surface area contributed by atoms with Gasteiger partial charge in [-0.15, -0.1) is 0 Å². The highest BCUT2D eigenvalue weighted by Gasteiger charge is 2.24. The summed E-state index contributed by atoms with van der Waals surface area (Å²) in [5, 5.41) is 12.9. The largest absolute Gasteiger partial charge is 0.389 e. The zero-order valence-electron chi connectivity index (χ0n) is 13.2. The summed E-state index contributed by atoms with van der Waals surface area (Å²) in [6.07, 6.45) is 0. The van der Waals surface area contributed by atoms with E-state index in [0.717, 1.165) is 37.4 Å². The zero-order chi connectivity index (χ0) is 15.5. The molecule has 1 aliphatic heterocycles. The van der Waals surface area contributed by atoms with Crippen LogP contribution in [0.4, 0.5) is 10.1 Å². The second kappa shape index (κ2) is 6.73. The summed E-state index contributed by atoms with van der Waals surface area (Å²) in [4.78, 5) is 4.49. The highest BCUT2D eigenvalue weighted by molar-refractivity contribution is 5.54. The summed E-state index contributed by atoms with van der Waals surface area (Å²) in [5.74, 6) is -0.152. The van der Waals surface area contributed by atoms with Crippen LogP contribution in [-0.2, 0) is 6.54 Å². The molecule has 1 aromatic carbocycles. The van der Waals surface area contributed by atoms with Crippen molar-refractivity contribution in [2.75, 3.05) is 44.7 Å². The third-order valence-electron chi connectivity index (χ3n) is 3.77. The first kappa shape index (κ1) is 16.2. The molecule has 0 amide bonds. The second-order valence-corrected chi connectivity index (χ2v) is 6.34. The fraction of sp³-hybridized carbons (Fsp3) is 0.625. The van der Waals surface area contributed by atoms with Crippen LogP contribution in [0.3, 0.4) is 0 Å². The Bertz CT molecular complexity index is 465. The van der Waals surface area contributed by atoms with E-state index in [0.29, 0.717) is 13.1 Å². The first-order valence-electron chi connectivity index (χ1n) is 7.52. The van der Waals surface area contributed by atoms with Crippen molar-refractivity contribution in [2.24, 2.45) is 0 Å². The number of halogens is 1. The van der Waals surface area contributed by atoms with E-state index in [9.17, 15) is 9.50 Å². The van der Waals surface area contributed by atoms with Gasteiger partial charge < -0.3 is 15.3 Å². The molecule has 21 heavy (non-hydrogen) atoms. The molecule has 0 atom stereocenters. The van der Waals surface area contributed by atoms with E-state index >= 15 is 0 Å². The van der Waals surface area contributed by atoms with Crippen molar-refractivity contribution in [2.45, 2.75) is 26.0 Å². The van der Waals surface area contributed by atoms with Crippen molar-refractivity contribution in [1.82, 2.24) is 10.2 Å².